The van der Waals surface area contributed by atoms with Gasteiger partial charge in [-0.3, -0.25) is 9.78 Å². The molecule has 1 aliphatic rings. The van der Waals surface area contributed by atoms with Crippen LogP contribution in [0.15, 0.2) is 24.3 Å². The van der Waals surface area contributed by atoms with E-state index >= 15 is 0 Å². The number of alkyl halides is 1. The molecule has 2 heterocycles. The minimum Gasteiger partial charge on any atom is -0.388 e. The predicted molar refractivity (Wildman–Crippen MR) is 78.0 cm³/mol. The first-order chi connectivity index (χ1) is 9.95. The van der Waals surface area contributed by atoms with Crippen molar-refractivity contribution < 1.29 is 14.3 Å². The third-order valence-electron chi connectivity index (χ3n) is 3.90. The highest BCUT2D eigenvalue weighted by Gasteiger charge is 2.34. The van der Waals surface area contributed by atoms with E-state index in [0.29, 0.717) is 11.3 Å². The Balaban J connectivity index is 1.99. The lowest BCUT2D eigenvalue weighted by Gasteiger charge is -2.17. The zero-order chi connectivity index (χ0) is 15.1. The van der Waals surface area contributed by atoms with E-state index in [1.807, 2.05) is 25.1 Å². The topological polar surface area (TPSA) is 53.4 Å². The Labute approximate surface area is 122 Å². The molecule has 1 aromatic carbocycles. The van der Waals surface area contributed by atoms with Crippen molar-refractivity contribution in [3.05, 3.63) is 41.1 Å². The van der Waals surface area contributed by atoms with Crippen molar-refractivity contribution in [3.63, 3.8) is 0 Å². The molecule has 0 aliphatic carbocycles. The summed E-state index contributed by atoms with van der Waals surface area (Å²) in [5.41, 5.74) is 3.01. The Morgan fingerprint density at radius 2 is 2.10 bits per heavy atom. The van der Waals surface area contributed by atoms with Crippen molar-refractivity contribution >= 4 is 16.8 Å². The highest BCUT2D eigenvalue weighted by molar-refractivity contribution is 5.99. The van der Waals surface area contributed by atoms with Crippen LogP contribution in [0.1, 0.15) is 21.6 Å². The fraction of sp³-hybridized carbons (Fsp3) is 0.375. The molecule has 4 nitrogen and oxygen atoms in total. The van der Waals surface area contributed by atoms with Crippen molar-refractivity contribution in [2.24, 2.45) is 0 Å². The number of aliphatic hydroxyl groups excluding tert-OH is 1. The molecule has 1 aromatic heterocycles. The number of β-amino-alcohol motifs (C(OH)–C–C–N with tert-alkyl or cyclic N) is 1. The van der Waals surface area contributed by atoms with Crippen molar-refractivity contribution in [2.45, 2.75) is 26.1 Å². The normalized spacial score (nSPS) is 22.0. The molecule has 21 heavy (non-hydrogen) atoms. The summed E-state index contributed by atoms with van der Waals surface area (Å²) in [6, 6.07) is 7.66. The number of rotatable bonds is 1. The second-order valence-corrected chi connectivity index (χ2v) is 5.61. The highest BCUT2D eigenvalue weighted by Crippen LogP contribution is 2.22. The number of pyridine rings is 1. The van der Waals surface area contributed by atoms with E-state index in [0.717, 1.165) is 16.5 Å². The van der Waals surface area contributed by atoms with Crippen LogP contribution >= 0.6 is 0 Å². The number of hydrogen-bond acceptors (Lipinski definition) is 3. The number of aromatic nitrogens is 1. The molecule has 2 atom stereocenters. The van der Waals surface area contributed by atoms with Crippen molar-refractivity contribution in [1.82, 2.24) is 9.88 Å². The van der Waals surface area contributed by atoms with Crippen LogP contribution in [-0.2, 0) is 0 Å². The van der Waals surface area contributed by atoms with Crippen molar-refractivity contribution in [1.29, 1.82) is 0 Å². The van der Waals surface area contributed by atoms with Crippen LogP contribution in [0.5, 0.6) is 0 Å². The largest absolute Gasteiger partial charge is 0.388 e. The zero-order valence-electron chi connectivity index (χ0n) is 12.0. The van der Waals surface area contributed by atoms with Crippen molar-refractivity contribution in [2.75, 3.05) is 13.1 Å². The summed E-state index contributed by atoms with van der Waals surface area (Å²) in [6.07, 6.45) is -2.46. The van der Waals surface area contributed by atoms with Gasteiger partial charge in [0.1, 0.15) is 12.3 Å². The Kier molecular flexibility index (Phi) is 3.37. The maximum atomic E-state index is 13.4. The fourth-order valence-corrected chi connectivity index (χ4v) is 2.69. The van der Waals surface area contributed by atoms with Crippen LogP contribution in [0.25, 0.3) is 10.9 Å². The molecule has 1 N–H and O–H groups in total. The van der Waals surface area contributed by atoms with Gasteiger partial charge in [-0.1, -0.05) is 11.6 Å². The number of amides is 1. The molecule has 1 fully saturated rings. The summed E-state index contributed by atoms with van der Waals surface area (Å²) >= 11 is 0. The van der Waals surface area contributed by atoms with E-state index in [4.69, 9.17) is 0 Å². The van der Waals surface area contributed by atoms with Gasteiger partial charge in [0.25, 0.3) is 5.91 Å². The maximum absolute atomic E-state index is 13.4. The molecule has 110 valence electrons. The molecule has 0 bridgehead atoms. The van der Waals surface area contributed by atoms with Crippen LogP contribution in [-0.4, -0.2) is 46.3 Å². The lowest BCUT2D eigenvalue weighted by atomic mass is 10.1. The predicted octanol–water partition coefficient (Wildman–Crippen LogP) is 2.01. The van der Waals surface area contributed by atoms with Gasteiger partial charge < -0.3 is 10.0 Å². The third-order valence-corrected chi connectivity index (χ3v) is 3.90. The fourth-order valence-electron chi connectivity index (χ4n) is 2.69. The molecule has 0 spiro atoms. The first kappa shape index (κ1) is 13.9. The molecule has 0 unspecified atom stereocenters. The Morgan fingerprint density at radius 3 is 2.76 bits per heavy atom. The summed E-state index contributed by atoms with van der Waals surface area (Å²) in [7, 11) is 0. The van der Waals surface area contributed by atoms with Gasteiger partial charge in [0, 0.05) is 11.9 Å². The molecule has 0 radical (unpaired) electrons. The second-order valence-electron chi connectivity index (χ2n) is 5.61. The Hall–Kier alpha value is -2.01. The van der Waals surface area contributed by atoms with Gasteiger partial charge in [-0.15, -0.1) is 0 Å². The Bertz CT molecular complexity index is 707. The molecule has 3 rings (SSSR count). The molecule has 1 saturated heterocycles. The third kappa shape index (κ3) is 2.49. The number of nitrogens with zero attached hydrogens (tertiary/aromatic N) is 2. The van der Waals surface area contributed by atoms with Crippen molar-refractivity contribution in [3.8, 4) is 0 Å². The summed E-state index contributed by atoms with van der Waals surface area (Å²) in [5.74, 6) is -0.275. The maximum Gasteiger partial charge on any atom is 0.255 e. The monoisotopic (exact) mass is 288 g/mol. The van der Waals surface area contributed by atoms with E-state index in [2.05, 4.69) is 4.98 Å². The first-order valence-corrected chi connectivity index (χ1v) is 6.95. The van der Waals surface area contributed by atoms with Gasteiger partial charge in [-0.2, -0.15) is 0 Å². The zero-order valence-corrected chi connectivity index (χ0v) is 12.0. The second kappa shape index (κ2) is 5.07. The molecule has 5 heteroatoms. The molecule has 0 saturated carbocycles. The van der Waals surface area contributed by atoms with E-state index in [9.17, 15) is 14.3 Å². The van der Waals surface area contributed by atoms with Crippen LogP contribution in [0, 0.1) is 13.8 Å². The quantitative estimate of drug-likeness (QED) is 0.873. The minimum absolute atomic E-state index is 0.0330. The number of carbonyl (C=O) groups is 1. The average molecular weight is 288 g/mol. The number of hydrogen-bond donors (Lipinski definition) is 1. The summed E-state index contributed by atoms with van der Waals surface area (Å²) in [4.78, 5) is 18.3. The summed E-state index contributed by atoms with van der Waals surface area (Å²) in [5, 5.41) is 10.3. The summed E-state index contributed by atoms with van der Waals surface area (Å²) in [6.45, 7) is 3.72. The smallest absolute Gasteiger partial charge is 0.255 e. The number of halogens is 1. The number of carbonyl (C=O) groups excluding carboxylic acids is 1. The van der Waals surface area contributed by atoms with Crippen LogP contribution in [0.4, 0.5) is 4.39 Å². The number of fused-ring (bicyclic) bond motifs is 1. The summed E-state index contributed by atoms with van der Waals surface area (Å²) < 4.78 is 13.4. The van der Waals surface area contributed by atoms with E-state index < -0.39 is 12.3 Å². The number of benzene rings is 1. The molecule has 1 amide bonds. The Morgan fingerprint density at radius 1 is 1.33 bits per heavy atom. The van der Waals surface area contributed by atoms with E-state index in [1.54, 1.807) is 13.0 Å². The highest BCUT2D eigenvalue weighted by atomic mass is 19.1. The molecule has 1 aliphatic heterocycles. The van der Waals surface area contributed by atoms with E-state index in [-0.39, 0.29) is 19.0 Å². The van der Waals surface area contributed by atoms with Gasteiger partial charge in [0.15, 0.2) is 0 Å². The minimum atomic E-state index is -1.37. The van der Waals surface area contributed by atoms with Gasteiger partial charge in [0.2, 0.25) is 0 Å². The van der Waals surface area contributed by atoms with Gasteiger partial charge in [-0.05, 0) is 32.0 Å². The van der Waals surface area contributed by atoms with Gasteiger partial charge in [-0.25, -0.2) is 4.39 Å². The average Bonchev–Trinajstić information content (AvgIpc) is 2.78. The van der Waals surface area contributed by atoms with E-state index in [1.165, 1.54) is 4.90 Å². The number of likely N-dealkylation sites (tertiary alicyclic amines) is 1. The van der Waals surface area contributed by atoms with Crippen LogP contribution in [0.3, 0.4) is 0 Å². The first-order valence-electron chi connectivity index (χ1n) is 6.95. The molecule has 2 aromatic rings. The number of aryl methyl sites for hydroxylation is 2. The van der Waals surface area contributed by atoms with Crippen LogP contribution < -0.4 is 0 Å². The van der Waals surface area contributed by atoms with Gasteiger partial charge >= 0.3 is 0 Å². The lowest BCUT2D eigenvalue weighted by molar-refractivity contribution is 0.0763. The molecular formula is C16H17FN2O2. The number of aliphatic hydroxyl groups is 1. The van der Waals surface area contributed by atoms with Crippen LogP contribution in [0.2, 0.25) is 0 Å². The standard InChI is InChI=1S/C16H17FN2O2/c1-9-3-4-14-11(5-9)6-12(10(2)18-14)16(21)19-7-13(17)15(20)8-19/h3-6,13,15,20H,7-8H2,1-2H3/t13-,15-/m1/s1. The lowest BCUT2D eigenvalue weighted by Crippen LogP contribution is -2.30. The van der Waals surface area contributed by atoms with Gasteiger partial charge in [0.05, 0.1) is 23.3 Å². The SMILES string of the molecule is Cc1ccc2nc(C)c(C(=O)N3C[C@@H](O)[C@H](F)C3)cc2c1. The molecular weight excluding hydrogens is 271 g/mol.